The van der Waals surface area contributed by atoms with Crippen molar-refractivity contribution in [1.29, 1.82) is 0 Å². The second-order valence-corrected chi connectivity index (χ2v) is 11.9. The van der Waals surface area contributed by atoms with Crippen LogP contribution in [0, 0.1) is 0 Å². The molecular formula is C20H22B2F8S2. The fourth-order valence-electron chi connectivity index (χ4n) is 4.47. The minimum atomic E-state index is -6.00. The van der Waals surface area contributed by atoms with Crippen LogP contribution in [0.5, 0.6) is 0 Å². The fourth-order valence-corrected chi connectivity index (χ4v) is 11.7. The Bertz CT molecular complexity index is 774. The average Bonchev–Trinajstić information content (AvgIpc) is 2.65. The lowest BCUT2D eigenvalue weighted by molar-refractivity contribution is 0.366. The number of rotatable bonds is 0. The van der Waals surface area contributed by atoms with Crippen molar-refractivity contribution in [2.45, 2.75) is 68.6 Å². The summed E-state index contributed by atoms with van der Waals surface area (Å²) in [5.41, 5.74) is 0. The van der Waals surface area contributed by atoms with E-state index in [0.717, 1.165) is 10.5 Å². The quantitative estimate of drug-likeness (QED) is 0.197. The van der Waals surface area contributed by atoms with Gasteiger partial charge in [-0.3, -0.25) is 0 Å². The molecule has 0 amide bonds. The molecule has 1 aliphatic carbocycles. The van der Waals surface area contributed by atoms with E-state index in [1.807, 2.05) is 0 Å². The summed E-state index contributed by atoms with van der Waals surface area (Å²) >= 11 is 0. The molecular weight excluding hydrogens is 478 g/mol. The average molecular weight is 500 g/mol. The van der Waals surface area contributed by atoms with Gasteiger partial charge in [0.15, 0.2) is 10.5 Å². The standard InChI is InChI=1S/C20H22S2.2BF4/c1-2-4-10-16-15(9-3-1)21-17-11-5-7-13-19(17)22(16)20-14-8-6-12-18(20)21;2*2-1(3,4)5/h5-8,11-16H,1-4,9-10H2;;/q+2;2*-1. The van der Waals surface area contributed by atoms with E-state index in [4.69, 9.17) is 0 Å². The molecule has 2 aromatic rings. The zero-order valence-electron chi connectivity index (χ0n) is 17.0. The molecule has 3 aliphatic heterocycles. The minimum absolute atomic E-state index is 0.336. The first-order valence-electron chi connectivity index (χ1n) is 10.3. The van der Waals surface area contributed by atoms with Gasteiger partial charge in [0.2, 0.25) is 19.6 Å². The maximum Gasteiger partial charge on any atom is 0.673 e. The molecule has 2 atom stereocenters. The molecule has 0 aromatic heterocycles. The summed E-state index contributed by atoms with van der Waals surface area (Å²) in [6, 6.07) is 18.8. The lowest BCUT2D eigenvalue weighted by Gasteiger charge is -2.37. The van der Waals surface area contributed by atoms with Gasteiger partial charge in [-0.05, 0) is 37.1 Å². The summed E-state index contributed by atoms with van der Waals surface area (Å²) in [4.78, 5) is 6.75. The molecule has 2 bridgehead atoms. The Morgan fingerprint density at radius 2 is 0.750 bits per heavy atom. The van der Waals surface area contributed by atoms with Crippen LogP contribution in [-0.2, 0) is 21.8 Å². The van der Waals surface area contributed by atoms with E-state index in [9.17, 15) is 34.5 Å². The van der Waals surface area contributed by atoms with Gasteiger partial charge in [0.05, 0.1) is 21.8 Å². The molecule has 1 saturated carbocycles. The molecule has 0 spiro atoms. The molecule has 3 heterocycles. The Morgan fingerprint density at radius 3 is 1.00 bits per heavy atom. The highest BCUT2D eigenvalue weighted by Gasteiger charge is 2.64. The Hall–Kier alpha value is -1.29. The molecule has 0 saturated heterocycles. The van der Waals surface area contributed by atoms with Crippen LogP contribution < -0.4 is 0 Å². The molecule has 1 fully saturated rings. The smallest absolute Gasteiger partial charge is 0.418 e. The van der Waals surface area contributed by atoms with Gasteiger partial charge < -0.3 is 34.5 Å². The van der Waals surface area contributed by atoms with Gasteiger partial charge in [-0.1, -0.05) is 37.1 Å². The van der Waals surface area contributed by atoms with Gasteiger partial charge in [-0.2, -0.15) is 0 Å². The van der Waals surface area contributed by atoms with Gasteiger partial charge in [-0.25, -0.2) is 0 Å². The van der Waals surface area contributed by atoms with Gasteiger partial charge in [0.1, 0.15) is 0 Å². The third-order valence-electron chi connectivity index (χ3n) is 5.39. The second-order valence-electron chi connectivity index (χ2n) is 7.63. The molecule has 2 aromatic carbocycles. The van der Waals surface area contributed by atoms with E-state index in [1.165, 1.54) is 38.5 Å². The number of hydrogen-bond acceptors (Lipinski definition) is 0. The van der Waals surface area contributed by atoms with Crippen LogP contribution in [0.3, 0.4) is 0 Å². The first-order chi connectivity index (χ1) is 14.9. The summed E-state index contributed by atoms with van der Waals surface area (Å²) in [6.45, 7) is 0. The number of benzene rings is 2. The Kier molecular flexibility index (Phi) is 8.17. The van der Waals surface area contributed by atoms with Crippen molar-refractivity contribution in [3.05, 3.63) is 48.5 Å². The molecule has 12 heteroatoms. The Balaban J connectivity index is 0.000000246. The molecule has 4 aliphatic rings. The highest BCUT2D eigenvalue weighted by atomic mass is 32.2. The van der Waals surface area contributed by atoms with E-state index < -0.39 is 14.5 Å². The normalized spacial score (nSPS) is 26.0. The first-order valence-corrected chi connectivity index (χ1v) is 12.9. The van der Waals surface area contributed by atoms with Crippen LogP contribution in [0.4, 0.5) is 34.5 Å². The van der Waals surface area contributed by atoms with Crippen molar-refractivity contribution in [3.63, 3.8) is 0 Å². The summed E-state index contributed by atoms with van der Waals surface area (Å²) < 4.78 is 78.0. The van der Waals surface area contributed by atoms with Crippen molar-refractivity contribution in [1.82, 2.24) is 0 Å². The molecule has 0 N–H and O–H groups in total. The van der Waals surface area contributed by atoms with Crippen LogP contribution >= 0.6 is 0 Å². The minimum Gasteiger partial charge on any atom is -0.418 e. The monoisotopic (exact) mass is 500 g/mol. The number of hydrogen-bond donors (Lipinski definition) is 0. The van der Waals surface area contributed by atoms with Gasteiger partial charge >= 0.3 is 14.5 Å². The highest BCUT2D eigenvalue weighted by molar-refractivity contribution is 8.06. The maximum absolute atomic E-state index is 9.75. The molecule has 32 heavy (non-hydrogen) atoms. The predicted molar refractivity (Wildman–Crippen MR) is 116 cm³/mol. The summed E-state index contributed by atoms with van der Waals surface area (Å²) in [5.74, 6) is 0. The van der Waals surface area contributed by atoms with Crippen LogP contribution in [0.15, 0.2) is 68.1 Å². The SMILES string of the molecule is F[B-](F)(F)F.F[B-](F)(F)F.c1ccc2c(c1)[S+]1c3ccccc3[S+]2C2CCCCCCC21. The van der Waals surface area contributed by atoms with Gasteiger partial charge in [0.25, 0.3) is 0 Å². The van der Waals surface area contributed by atoms with E-state index in [0.29, 0.717) is 21.8 Å². The molecule has 2 unspecified atom stereocenters. The van der Waals surface area contributed by atoms with Crippen molar-refractivity contribution in [2.75, 3.05) is 0 Å². The lowest BCUT2D eigenvalue weighted by atomic mass is 10.00. The first kappa shape index (κ1) is 25.3. The Labute approximate surface area is 188 Å². The van der Waals surface area contributed by atoms with Crippen molar-refractivity contribution in [3.8, 4) is 0 Å². The molecule has 0 radical (unpaired) electrons. The third kappa shape index (κ3) is 6.62. The summed E-state index contributed by atoms with van der Waals surface area (Å²) in [6.07, 6.45) is 8.73. The zero-order chi connectivity index (χ0) is 23.5. The molecule has 0 nitrogen and oxygen atoms in total. The van der Waals surface area contributed by atoms with Crippen LogP contribution in [0.1, 0.15) is 38.5 Å². The number of halogens is 8. The third-order valence-corrected chi connectivity index (χ3v) is 11.5. The molecule has 6 rings (SSSR count). The predicted octanol–water partition coefficient (Wildman–Crippen LogP) is 7.78. The largest absolute Gasteiger partial charge is 0.673 e. The van der Waals surface area contributed by atoms with Crippen LogP contribution in [-0.4, -0.2) is 25.0 Å². The second kappa shape index (κ2) is 10.3. The van der Waals surface area contributed by atoms with Crippen molar-refractivity contribution < 1.29 is 34.5 Å². The van der Waals surface area contributed by atoms with Crippen molar-refractivity contribution in [2.24, 2.45) is 0 Å². The molecule has 176 valence electrons. The van der Waals surface area contributed by atoms with Crippen molar-refractivity contribution >= 4 is 36.3 Å². The van der Waals surface area contributed by atoms with Gasteiger partial charge in [0, 0.05) is 12.8 Å². The van der Waals surface area contributed by atoms with Gasteiger partial charge in [-0.15, -0.1) is 0 Å². The van der Waals surface area contributed by atoms with E-state index >= 15 is 0 Å². The highest BCUT2D eigenvalue weighted by Crippen LogP contribution is 2.55. The summed E-state index contributed by atoms with van der Waals surface area (Å²) in [7, 11) is -11.3. The van der Waals surface area contributed by atoms with Crippen LogP contribution in [0.2, 0.25) is 0 Å². The topological polar surface area (TPSA) is 0 Å². The van der Waals surface area contributed by atoms with E-state index in [2.05, 4.69) is 48.5 Å². The van der Waals surface area contributed by atoms with E-state index in [1.54, 1.807) is 19.6 Å². The zero-order valence-corrected chi connectivity index (χ0v) is 18.6. The fraction of sp³-hybridized carbons (Fsp3) is 0.400. The lowest BCUT2D eigenvalue weighted by Crippen LogP contribution is -2.49. The Morgan fingerprint density at radius 1 is 0.500 bits per heavy atom. The maximum atomic E-state index is 9.75. The summed E-state index contributed by atoms with van der Waals surface area (Å²) in [5, 5.41) is 1.85. The van der Waals surface area contributed by atoms with Crippen LogP contribution in [0.25, 0.3) is 0 Å². The van der Waals surface area contributed by atoms with E-state index in [-0.39, 0.29) is 0 Å².